The fourth-order valence-electron chi connectivity index (χ4n) is 0.893. The SMILES string of the molecule is C=C/C=C\C(=C/C)n1cccn1. The molecule has 0 N–H and O–H groups in total. The molecule has 1 heterocycles. The van der Waals surface area contributed by atoms with Crippen LogP contribution in [0.2, 0.25) is 0 Å². The number of hydrogen-bond donors (Lipinski definition) is 0. The Labute approximate surface area is 72.5 Å². The lowest BCUT2D eigenvalue weighted by Gasteiger charge is -1.99. The molecule has 1 aromatic rings. The Morgan fingerprint density at radius 1 is 1.58 bits per heavy atom. The van der Waals surface area contributed by atoms with E-state index in [1.54, 1.807) is 17.0 Å². The minimum Gasteiger partial charge on any atom is -0.241 e. The molecule has 1 rings (SSSR count). The van der Waals surface area contributed by atoms with Gasteiger partial charge in [-0.2, -0.15) is 5.10 Å². The van der Waals surface area contributed by atoms with Crippen LogP contribution >= 0.6 is 0 Å². The van der Waals surface area contributed by atoms with Gasteiger partial charge in [0.05, 0.1) is 5.70 Å². The molecule has 62 valence electrons. The van der Waals surface area contributed by atoms with Crippen LogP contribution in [0.15, 0.2) is 49.3 Å². The molecule has 0 unspecified atom stereocenters. The van der Waals surface area contributed by atoms with Crippen molar-refractivity contribution >= 4 is 5.70 Å². The van der Waals surface area contributed by atoms with Crippen molar-refractivity contribution in [3.8, 4) is 0 Å². The summed E-state index contributed by atoms with van der Waals surface area (Å²) < 4.78 is 1.81. The Kier molecular flexibility index (Phi) is 3.08. The zero-order valence-electron chi connectivity index (χ0n) is 7.14. The molecule has 0 bridgehead atoms. The fourth-order valence-corrected chi connectivity index (χ4v) is 0.893. The first-order valence-corrected chi connectivity index (χ1v) is 3.84. The van der Waals surface area contributed by atoms with Gasteiger partial charge in [-0.1, -0.05) is 24.8 Å². The molecule has 0 saturated carbocycles. The smallest absolute Gasteiger partial charge is 0.0602 e. The maximum absolute atomic E-state index is 4.10. The van der Waals surface area contributed by atoms with E-state index in [1.165, 1.54) is 0 Å². The van der Waals surface area contributed by atoms with E-state index in [2.05, 4.69) is 11.7 Å². The molecule has 0 aliphatic heterocycles. The first-order chi connectivity index (χ1) is 5.88. The summed E-state index contributed by atoms with van der Waals surface area (Å²) in [6.07, 6.45) is 11.2. The number of rotatable bonds is 3. The van der Waals surface area contributed by atoms with Crippen molar-refractivity contribution in [2.75, 3.05) is 0 Å². The zero-order valence-corrected chi connectivity index (χ0v) is 7.14. The third-order valence-electron chi connectivity index (χ3n) is 1.47. The predicted octanol–water partition coefficient (Wildman–Crippen LogP) is 2.49. The molecule has 0 aliphatic carbocycles. The summed E-state index contributed by atoms with van der Waals surface area (Å²) in [5, 5.41) is 4.10. The minimum atomic E-state index is 1.04. The van der Waals surface area contributed by atoms with Crippen LogP contribution in [-0.2, 0) is 0 Å². The summed E-state index contributed by atoms with van der Waals surface area (Å²) in [5.74, 6) is 0. The van der Waals surface area contributed by atoms with E-state index < -0.39 is 0 Å². The second-order valence-electron chi connectivity index (χ2n) is 2.26. The van der Waals surface area contributed by atoms with Gasteiger partial charge in [0.2, 0.25) is 0 Å². The van der Waals surface area contributed by atoms with Crippen molar-refractivity contribution in [1.82, 2.24) is 9.78 Å². The summed E-state index contributed by atoms with van der Waals surface area (Å²) in [7, 11) is 0. The molecule has 2 heteroatoms. The van der Waals surface area contributed by atoms with Crippen LogP contribution in [0.4, 0.5) is 0 Å². The van der Waals surface area contributed by atoms with Crippen molar-refractivity contribution in [3.05, 3.63) is 49.3 Å². The molecule has 12 heavy (non-hydrogen) atoms. The van der Waals surface area contributed by atoms with E-state index in [0.717, 1.165) is 5.70 Å². The highest BCUT2D eigenvalue weighted by Crippen LogP contribution is 2.03. The van der Waals surface area contributed by atoms with Crippen molar-refractivity contribution in [2.45, 2.75) is 6.92 Å². The van der Waals surface area contributed by atoms with E-state index >= 15 is 0 Å². The van der Waals surface area contributed by atoms with Crippen molar-refractivity contribution in [3.63, 3.8) is 0 Å². The monoisotopic (exact) mass is 160 g/mol. The lowest BCUT2D eigenvalue weighted by molar-refractivity contribution is 0.908. The largest absolute Gasteiger partial charge is 0.241 e. The van der Waals surface area contributed by atoms with Crippen LogP contribution in [0, 0.1) is 0 Å². The number of aromatic nitrogens is 2. The quantitative estimate of drug-likeness (QED) is 0.621. The maximum atomic E-state index is 4.10. The lowest BCUT2D eigenvalue weighted by atomic mass is 10.3. The number of hydrogen-bond acceptors (Lipinski definition) is 1. The highest BCUT2D eigenvalue weighted by molar-refractivity contribution is 5.55. The molecule has 0 amide bonds. The standard InChI is InChI=1S/C10H12N2/c1-3-5-7-10(4-2)12-9-6-8-11-12/h3-9H,1H2,2H3/b7-5-,10-4+. The van der Waals surface area contributed by atoms with E-state index in [9.17, 15) is 0 Å². The van der Waals surface area contributed by atoms with E-state index in [0.29, 0.717) is 0 Å². The Bertz CT molecular complexity index is 292. The Balaban J connectivity index is 2.85. The van der Waals surface area contributed by atoms with Crippen LogP contribution in [0.3, 0.4) is 0 Å². The lowest BCUT2D eigenvalue weighted by Crippen LogP contribution is -1.93. The van der Waals surface area contributed by atoms with E-state index in [1.807, 2.05) is 37.4 Å². The van der Waals surface area contributed by atoms with Gasteiger partial charge >= 0.3 is 0 Å². The van der Waals surface area contributed by atoms with Gasteiger partial charge in [-0.3, -0.25) is 0 Å². The third-order valence-corrected chi connectivity index (χ3v) is 1.47. The van der Waals surface area contributed by atoms with Crippen molar-refractivity contribution in [1.29, 1.82) is 0 Å². The van der Waals surface area contributed by atoms with Gasteiger partial charge in [0.25, 0.3) is 0 Å². The molecular formula is C10H12N2. The van der Waals surface area contributed by atoms with E-state index in [4.69, 9.17) is 0 Å². The zero-order chi connectivity index (χ0) is 8.81. The summed E-state index contributed by atoms with van der Waals surface area (Å²) >= 11 is 0. The molecule has 1 aromatic heterocycles. The summed E-state index contributed by atoms with van der Waals surface area (Å²) in [5.41, 5.74) is 1.04. The predicted molar refractivity (Wildman–Crippen MR) is 51.5 cm³/mol. The summed E-state index contributed by atoms with van der Waals surface area (Å²) in [6, 6.07) is 1.89. The maximum Gasteiger partial charge on any atom is 0.0602 e. The van der Waals surface area contributed by atoms with Gasteiger partial charge in [-0.25, -0.2) is 4.68 Å². The van der Waals surface area contributed by atoms with Crippen LogP contribution < -0.4 is 0 Å². The normalized spacial score (nSPS) is 12.2. The second-order valence-corrected chi connectivity index (χ2v) is 2.26. The van der Waals surface area contributed by atoms with Crippen LogP contribution in [0.1, 0.15) is 6.92 Å². The first kappa shape index (κ1) is 8.53. The first-order valence-electron chi connectivity index (χ1n) is 3.84. The van der Waals surface area contributed by atoms with Gasteiger partial charge in [0.15, 0.2) is 0 Å². The number of allylic oxidation sites excluding steroid dienone is 5. The van der Waals surface area contributed by atoms with Gasteiger partial charge in [0.1, 0.15) is 0 Å². The van der Waals surface area contributed by atoms with Crippen molar-refractivity contribution in [2.24, 2.45) is 0 Å². The molecule has 0 aromatic carbocycles. The van der Waals surface area contributed by atoms with Gasteiger partial charge in [-0.05, 0) is 19.1 Å². The highest BCUT2D eigenvalue weighted by Gasteiger charge is 1.91. The molecule has 0 fully saturated rings. The molecule has 0 radical (unpaired) electrons. The molecular weight excluding hydrogens is 148 g/mol. The van der Waals surface area contributed by atoms with Crippen LogP contribution in [0.25, 0.3) is 5.70 Å². The Hall–Kier alpha value is -1.57. The van der Waals surface area contributed by atoms with Gasteiger partial charge < -0.3 is 0 Å². The molecule has 0 aliphatic rings. The molecule has 0 saturated heterocycles. The average molecular weight is 160 g/mol. The Morgan fingerprint density at radius 2 is 2.42 bits per heavy atom. The summed E-state index contributed by atoms with van der Waals surface area (Å²) in [6.45, 7) is 5.58. The average Bonchev–Trinajstić information content (AvgIpc) is 2.59. The topological polar surface area (TPSA) is 17.8 Å². The van der Waals surface area contributed by atoms with Gasteiger partial charge in [-0.15, -0.1) is 0 Å². The second kappa shape index (κ2) is 4.34. The van der Waals surface area contributed by atoms with Gasteiger partial charge in [0, 0.05) is 12.4 Å². The third kappa shape index (κ3) is 1.95. The van der Waals surface area contributed by atoms with Crippen LogP contribution in [-0.4, -0.2) is 9.78 Å². The molecule has 2 nitrogen and oxygen atoms in total. The fraction of sp³-hybridized carbons (Fsp3) is 0.100. The molecule has 0 atom stereocenters. The highest BCUT2D eigenvalue weighted by atomic mass is 15.3. The number of nitrogens with zero attached hydrogens (tertiary/aromatic N) is 2. The van der Waals surface area contributed by atoms with E-state index in [-0.39, 0.29) is 0 Å². The van der Waals surface area contributed by atoms with Crippen LogP contribution in [0.5, 0.6) is 0 Å². The minimum absolute atomic E-state index is 1.04. The summed E-state index contributed by atoms with van der Waals surface area (Å²) in [4.78, 5) is 0. The Morgan fingerprint density at radius 3 is 2.92 bits per heavy atom. The molecule has 0 spiro atoms. The van der Waals surface area contributed by atoms with Crippen molar-refractivity contribution < 1.29 is 0 Å².